The van der Waals surface area contributed by atoms with E-state index in [0.29, 0.717) is 0 Å². The van der Waals surface area contributed by atoms with Gasteiger partial charge in [0.05, 0.1) is 6.42 Å². The van der Waals surface area contributed by atoms with E-state index in [1.54, 1.807) is 0 Å². The summed E-state index contributed by atoms with van der Waals surface area (Å²) in [6.45, 7) is 1.30. The standard InChI is InChI=1S/C12H15FO2/c1-2-10-3-5-11(6-4-10)9-12(14)15-8-7-13/h3-6H,2,7-9H2,1H3. The van der Waals surface area contributed by atoms with E-state index in [0.717, 1.165) is 12.0 Å². The van der Waals surface area contributed by atoms with Crippen LogP contribution in [0.25, 0.3) is 0 Å². The van der Waals surface area contributed by atoms with Gasteiger partial charge in [-0.2, -0.15) is 0 Å². The smallest absolute Gasteiger partial charge is 0.310 e. The average Bonchev–Trinajstić information content (AvgIpc) is 2.27. The molecule has 0 aromatic heterocycles. The average molecular weight is 210 g/mol. The van der Waals surface area contributed by atoms with Crippen LogP contribution in [0.5, 0.6) is 0 Å². The van der Waals surface area contributed by atoms with Crippen LogP contribution in [0.4, 0.5) is 4.39 Å². The van der Waals surface area contributed by atoms with Gasteiger partial charge in [0.15, 0.2) is 0 Å². The molecule has 0 aliphatic heterocycles. The van der Waals surface area contributed by atoms with E-state index in [9.17, 15) is 9.18 Å². The molecule has 0 aliphatic rings. The minimum absolute atomic E-state index is 0.147. The molecule has 1 aromatic rings. The first kappa shape index (κ1) is 11.7. The van der Waals surface area contributed by atoms with Crippen molar-refractivity contribution in [3.05, 3.63) is 35.4 Å². The van der Waals surface area contributed by atoms with Crippen molar-refractivity contribution in [1.29, 1.82) is 0 Å². The molecule has 1 aromatic carbocycles. The molecule has 0 saturated carbocycles. The highest BCUT2D eigenvalue weighted by Gasteiger charge is 2.04. The molecule has 0 atom stereocenters. The summed E-state index contributed by atoms with van der Waals surface area (Å²) in [5.74, 6) is -0.378. The molecular formula is C12H15FO2. The summed E-state index contributed by atoms with van der Waals surface area (Å²) in [4.78, 5) is 11.1. The topological polar surface area (TPSA) is 26.3 Å². The van der Waals surface area contributed by atoms with Crippen LogP contribution in [0.2, 0.25) is 0 Å². The Morgan fingerprint density at radius 1 is 1.27 bits per heavy atom. The second kappa shape index (κ2) is 6.17. The first-order chi connectivity index (χ1) is 7.26. The maximum atomic E-state index is 11.7. The van der Waals surface area contributed by atoms with Gasteiger partial charge in [-0.3, -0.25) is 4.79 Å². The van der Waals surface area contributed by atoms with E-state index < -0.39 is 6.67 Å². The van der Waals surface area contributed by atoms with Gasteiger partial charge < -0.3 is 4.74 Å². The van der Waals surface area contributed by atoms with Crippen molar-refractivity contribution in [3.8, 4) is 0 Å². The van der Waals surface area contributed by atoms with Gasteiger partial charge >= 0.3 is 5.97 Å². The first-order valence-electron chi connectivity index (χ1n) is 5.05. The molecule has 0 amide bonds. The maximum Gasteiger partial charge on any atom is 0.310 e. The van der Waals surface area contributed by atoms with Crippen LogP contribution in [0, 0.1) is 0 Å². The van der Waals surface area contributed by atoms with Gasteiger partial charge in [-0.15, -0.1) is 0 Å². The van der Waals surface area contributed by atoms with Crippen LogP contribution >= 0.6 is 0 Å². The van der Waals surface area contributed by atoms with Crippen LogP contribution < -0.4 is 0 Å². The predicted octanol–water partition coefficient (Wildman–Crippen LogP) is 2.30. The fourth-order valence-corrected chi connectivity index (χ4v) is 1.26. The van der Waals surface area contributed by atoms with Gasteiger partial charge in [0.1, 0.15) is 13.3 Å². The van der Waals surface area contributed by atoms with Crippen molar-refractivity contribution in [1.82, 2.24) is 0 Å². The predicted molar refractivity (Wildman–Crippen MR) is 56.5 cm³/mol. The number of hydrogen-bond acceptors (Lipinski definition) is 2. The molecule has 1 rings (SSSR count). The van der Waals surface area contributed by atoms with Gasteiger partial charge in [0.25, 0.3) is 0 Å². The van der Waals surface area contributed by atoms with Gasteiger partial charge in [0, 0.05) is 0 Å². The fourth-order valence-electron chi connectivity index (χ4n) is 1.26. The van der Waals surface area contributed by atoms with Crippen molar-refractivity contribution < 1.29 is 13.9 Å². The van der Waals surface area contributed by atoms with E-state index in [1.807, 2.05) is 24.3 Å². The van der Waals surface area contributed by atoms with Crippen molar-refractivity contribution in [3.63, 3.8) is 0 Å². The summed E-state index contributed by atoms with van der Waals surface area (Å²) in [6, 6.07) is 7.76. The van der Waals surface area contributed by atoms with E-state index in [2.05, 4.69) is 11.7 Å². The number of ether oxygens (including phenoxy) is 1. The Hall–Kier alpha value is -1.38. The Labute approximate surface area is 89.1 Å². The van der Waals surface area contributed by atoms with E-state index in [1.165, 1.54) is 5.56 Å². The number of carbonyl (C=O) groups is 1. The highest BCUT2D eigenvalue weighted by Crippen LogP contribution is 2.06. The molecule has 0 aliphatic carbocycles. The quantitative estimate of drug-likeness (QED) is 0.697. The van der Waals surface area contributed by atoms with Crippen LogP contribution in [0.15, 0.2) is 24.3 Å². The lowest BCUT2D eigenvalue weighted by Crippen LogP contribution is -2.09. The zero-order valence-corrected chi connectivity index (χ0v) is 8.83. The summed E-state index contributed by atoms with van der Waals surface area (Å²) in [6.07, 6.45) is 1.19. The number of halogens is 1. The largest absolute Gasteiger partial charge is 0.463 e. The minimum atomic E-state index is -0.624. The molecule has 0 radical (unpaired) electrons. The molecule has 2 nitrogen and oxygen atoms in total. The van der Waals surface area contributed by atoms with Gasteiger partial charge in [-0.05, 0) is 17.5 Å². The molecule has 0 bridgehead atoms. The Kier molecular flexibility index (Phi) is 4.81. The van der Waals surface area contributed by atoms with Crippen LogP contribution in [0.3, 0.4) is 0 Å². The second-order valence-corrected chi connectivity index (χ2v) is 3.26. The molecule has 0 saturated heterocycles. The highest BCUT2D eigenvalue weighted by molar-refractivity contribution is 5.72. The summed E-state index contributed by atoms with van der Waals surface area (Å²) < 4.78 is 16.4. The summed E-state index contributed by atoms with van der Waals surface area (Å²) >= 11 is 0. The Balaban J connectivity index is 2.46. The second-order valence-electron chi connectivity index (χ2n) is 3.26. The monoisotopic (exact) mass is 210 g/mol. The van der Waals surface area contributed by atoms with E-state index in [-0.39, 0.29) is 19.0 Å². The highest BCUT2D eigenvalue weighted by atomic mass is 19.1. The third-order valence-corrected chi connectivity index (χ3v) is 2.12. The van der Waals surface area contributed by atoms with Crippen LogP contribution in [-0.2, 0) is 22.4 Å². The Morgan fingerprint density at radius 2 is 1.87 bits per heavy atom. The Bertz CT molecular complexity index is 306. The molecule has 15 heavy (non-hydrogen) atoms. The minimum Gasteiger partial charge on any atom is -0.463 e. The van der Waals surface area contributed by atoms with Crippen molar-refractivity contribution >= 4 is 5.97 Å². The number of benzene rings is 1. The molecular weight excluding hydrogens is 195 g/mol. The zero-order valence-electron chi connectivity index (χ0n) is 8.83. The van der Waals surface area contributed by atoms with Gasteiger partial charge in [-0.25, -0.2) is 4.39 Å². The SMILES string of the molecule is CCc1ccc(CC(=O)OCCF)cc1. The third kappa shape index (κ3) is 4.11. The molecule has 0 N–H and O–H groups in total. The fraction of sp³-hybridized carbons (Fsp3) is 0.417. The zero-order chi connectivity index (χ0) is 11.1. The summed E-state index contributed by atoms with van der Waals surface area (Å²) in [7, 11) is 0. The lowest BCUT2D eigenvalue weighted by Gasteiger charge is -2.03. The molecule has 0 unspecified atom stereocenters. The van der Waals surface area contributed by atoms with E-state index >= 15 is 0 Å². The molecule has 0 fully saturated rings. The summed E-state index contributed by atoms with van der Waals surface area (Å²) in [5, 5.41) is 0. The van der Waals surface area contributed by atoms with Crippen molar-refractivity contribution in [2.45, 2.75) is 19.8 Å². The number of esters is 1. The van der Waals surface area contributed by atoms with Crippen LogP contribution in [0.1, 0.15) is 18.1 Å². The van der Waals surface area contributed by atoms with E-state index in [4.69, 9.17) is 0 Å². The Morgan fingerprint density at radius 3 is 2.40 bits per heavy atom. The number of carbonyl (C=O) groups excluding carboxylic acids is 1. The van der Waals surface area contributed by atoms with Crippen LogP contribution in [-0.4, -0.2) is 19.3 Å². The molecule has 82 valence electrons. The van der Waals surface area contributed by atoms with Gasteiger partial charge in [0.2, 0.25) is 0 Å². The number of alkyl halides is 1. The molecule has 3 heteroatoms. The molecule has 0 heterocycles. The molecule has 0 spiro atoms. The lowest BCUT2D eigenvalue weighted by molar-refractivity contribution is -0.143. The maximum absolute atomic E-state index is 11.7. The van der Waals surface area contributed by atoms with Crippen molar-refractivity contribution in [2.24, 2.45) is 0 Å². The normalized spacial score (nSPS) is 10.0. The first-order valence-corrected chi connectivity index (χ1v) is 5.05. The number of hydrogen-bond donors (Lipinski definition) is 0. The third-order valence-electron chi connectivity index (χ3n) is 2.12. The van der Waals surface area contributed by atoms with Crippen molar-refractivity contribution in [2.75, 3.05) is 13.3 Å². The number of rotatable bonds is 5. The number of aryl methyl sites for hydroxylation is 1. The lowest BCUT2D eigenvalue weighted by atomic mass is 10.1. The van der Waals surface area contributed by atoms with Gasteiger partial charge in [-0.1, -0.05) is 31.2 Å². The summed E-state index contributed by atoms with van der Waals surface area (Å²) in [5.41, 5.74) is 2.13.